The van der Waals surface area contributed by atoms with E-state index in [4.69, 9.17) is 16.7 Å². The molecule has 3 amide bonds. The molecule has 0 unspecified atom stereocenters. The number of halogens is 1. The smallest absolute Gasteiger partial charge is 0.325 e. The Bertz CT molecular complexity index is 584. The van der Waals surface area contributed by atoms with Gasteiger partial charge in [0.05, 0.1) is 5.41 Å². The van der Waals surface area contributed by atoms with E-state index < -0.39 is 23.3 Å². The number of rotatable bonds is 4. The fourth-order valence-corrected chi connectivity index (χ4v) is 1.70. The zero-order valence-corrected chi connectivity index (χ0v) is 12.7. The van der Waals surface area contributed by atoms with E-state index in [0.29, 0.717) is 10.7 Å². The topological polar surface area (TPSA) is 95.5 Å². The summed E-state index contributed by atoms with van der Waals surface area (Å²) in [7, 11) is 0. The summed E-state index contributed by atoms with van der Waals surface area (Å²) in [5.41, 5.74) is 0.0224. The third-order valence-electron chi connectivity index (χ3n) is 2.88. The lowest BCUT2D eigenvalue weighted by Gasteiger charge is -2.18. The normalized spacial score (nSPS) is 10.9. The quantitative estimate of drug-likeness (QED) is 0.796. The second-order valence-electron chi connectivity index (χ2n) is 5.33. The highest BCUT2D eigenvalue weighted by molar-refractivity contribution is 6.31. The van der Waals surface area contributed by atoms with E-state index in [2.05, 4.69) is 10.6 Å². The number of hydrogen-bond donors (Lipinski definition) is 3. The highest BCUT2D eigenvalue weighted by Crippen LogP contribution is 2.21. The molecule has 7 heteroatoms. The van der Waals surface area contributed by atoms with Crippen molar-refractivity contribution in [2.45, 2.75) is 27.2 Å². The lowest BCUT2D eigenvalue weighted by Crippen LogP contribution is -2.38. The third-order valence-corrected chi connectivity index (χ3v) is 3.12. The fraction of sp³-hybridized carbons (Fsp3) is 0.357. The Balaban J connectivity index is 2.64. The van der Waals surface area contributed by atoms with Crippen LogP contribution in [0.4, 0.5) is 10.5 Å². The molecule has 0 atom stereocenters. The molecule has 0 aliphatic carbocycles. The minimum Gasteiger partial charge on any atom is -0.481 e. The fourth-order valence-electron chi connectivity index (χ4n) is 1.53. The van der Waals surface area contributed by atoms with Gasteiger partial charge < -0.3 is 10.4 Å². The average Bonchev–Trinajstić information content (AvgIpc) is 2.32. The number of benzene rings is 1. The summed E-state index contributed by atoms with van der Waals surface area (Å²) in [5, 5.41) is 14.0. The highest BCUT2D eigenvalue weighted by atomic mass is 35.5. The Labute approximate surface area is 127 Å². The van der Waals surface area contributed by atoms with Crippen molar-refractivity contribution < 1.29 is 19.5 Å². The van der Waals surface area contributed by atoms with Gasteiger partial charge in [0.1, 0.15) is 0 Å². The molecule has 0 radical (unpaired) electrons. The van der Waals surface area contributed by atoms with Crippen LogP contribution >= 0.6 is 11.6 Å². The molecule has 1 rings (SSSR count). The lowest BCUT2D eigenvalue weighted by molar-refractivity contribution is -0.149. The van der Waals surface area contributed by atoms with Crippen LogP contribution in [0.25, 0.3) is 0 Å². The first-order valence-electron chi connectivity index (χ1n) is 6.22. The predicted octanol–water partition coefficient (Wildman–Crippen LogP) is 2.80. The van der Waals surface area contributed by atoms with Crippen molar-refractivity contribution in [3.05, 3.63) is 28.8 Å². The first-order valence-corrected chi connectivity index (χ1v) is 6.60. The van der Waals surface area contributed by atoms with Gasteiger partial charge in [0, 0.05) is 17.1 Å². The number of amides is 3. The minimum absolute atomic E-state index is 0.301. The SMILES string of the molecule is Cc1ccc(Cl)cc1NC(=O)NC(=O)CC(C)(C)C(=O)O. The molecule has 1 aromatic carbocycles. The van der Waals surface area contributed by atoms with E-state index >= 15 is 0 Å². The molecule has 3 N–H and O–H groups in total. The number of carbonyl (C=O) groups excluding carboxylic acids is 2. The molecule has 0 saturated carbocycles. The van der Waals surface area contributed by atoms with Gasteiger partial charge in [-0.1, -0.05) is 17.7 Å². The van der Waals surface area contributed by atoms with Crippen LogP contribution in [-0.2, 0) is 9.59 Å². The van der Waals surface area contributed by atoms with Crippen molar-refractivity contribution in [2.24, 2.45) is 5.41 Å². The summed E-state index contributed by atoms with van der Waals surface area (Å²) in [6.07, 6.45) is -0.301. The Kier molecular flexibility index (Phi) is 5.32. The molecule has 114 valence electrons. The Morgan fingerprint density at radius 2 is 1.90 bits per heavy atom. The number of carbonyl (C=O) groups is 3. The largest absolute Gasteiger partial charge is 0.481 e. The molecule has 21 heavy (non-hydrogen) atoms. The lowest BCUT2D eigenvalue weighted by atomic mass is 9.89. The number of hydrogen-bond acceptors (Lipinski definition) is 3. The molecule has 0 aliphatic rings. The molecular weight excluding hydrogens is 296 g/mol. The molecule has 0 spiro atoms. The van der Waals surface area contributed by atoms with E-state index in [-0.39, 0.29) is 6.42 Å². The van der Waals surface area contributed by atoms with Crippen LogP contribution in [0.15, 0.2) is 18.2 Å². The van der Waals surface area contributed by atoms with Gasteiger partial charge in [-0.3, -0.25) is 14.9 Å². The Morgan fingerprint density at radius 3 is 2.48 bits per heavy atom. The Hall–Kier alpha value is -2.08. The average molecular weight is 313 g/mol. The van der Waals surface area contributed by atoms with Crippen LogP contribution in [0.5, 0.6) is 0 Å². The maximum absolute atomic E-state index is 11.7. The van der Waals surface area contributed by atoms with E-state index in [9.17, 15) is 14.4 Å². The van der Waals surface area contributed by atoms with Crippen molar-refractivity contribution in [3.8, 4) is 0 Å². The van der Waals surface area contributed by atoms with Crippen molar-refractivity contribution in [1.29, 1.82) is 0 Å². The first-order chi connectivity index (χ1) is 9.61. The summed E-state index contributed by atoms with van der Waals surface area (Å²) >= 11 is 5.82. The number of imide groups is 1. The van der Waals surface area contributed by atoms with Gasteiger partial charge in [-0.25, -0.2) is 4.79 Å². The minimum atomic E-state index is -1.24. The summed E-state index contributed by atoms with van der Waals surface area (Å²) in [4.78, 5) is 34.3. The second kappa shape index (κ2) is 6.58. The van der Waals surface area contributed by atoms with Crippen molar-refractivity contribution in [2.75, 3.05) is 5.32 Å². The van der Waals surface area contributed by atoms with Crippen LogP contribution in [0.1, 0.15) is 25.8 Å². The number of nitrogens with one attached hydrogen (secondary N) is 2. The number of aliphatic carboxylic acids is 1. The predicted molar refractivity (Wildman–Crippen MR) is 79.4 cm³/mol. The van der Waals surface area contributed by atoms with Crippen LogP contribution < -0.4 is 10.6 Å². The van der Waals surface area contributed by atoms with Gasteiger partial charge in [0.2, 0.25) is 5.91 Å². The summed E-state index contributed by atoms with van der Waals surface area (Å²) in [5.74, 6) is -1.77. The molecule has 0 aliphatic heterocycles. The highest BCUT2D eigenvalue weighted by Gasteiger charge is 2.30. The summed E-state index contributed by atoms with van der Waals surface area (Å²) in [6.45, 7) is 4.60. The zero-order chi connectivity index (χ0) is 16.2. The van der Waals surface area contributed by atoms with Crippen LogP contribution in [0.2, 0.25) is 5.02 Å². The van der Waals surface area contributed by atoms with E-state index in [1.54, 1.807) is 25.1 Å². The van der Waals surface area contributed by atoms with Crippen molar-refractivity contribution in [3.63, 3.8) is 0 Å². The second-order valence-corrected chi connectivity index (χ2v) is 5.76. The van der Waals surface area contributed by atoms with Crippen molar-refractivity contribution >= 4 is 35.2 Å². The molecule has 6 nitrogen and oxygen atoms in total. The van der Waals surface area contributed by atoms with Gasteiger partial charge in [-0.05, 0) is 38.5 Å². The zero-order valence-electron chi connectivity index (χ0n) is 12.0. The van der Waals surface area contributed by atoms with Gasteiger partial charge in [-0.2, -0.15) is 0 Å². The third kappa shape index (κ3) is 5.07. The maximum atomic E-state index is 11.7. The van der Waals surface area contributed by atoms with E-state index in [0.717, 1.165) is 5.56 Å². The molecular formula is C14H17ClN2O4. The number of aryl methyl sites for hydroxylation is 1. The van der Waals surface area contributed by atoms with E-state index in [1.807, 2.05) is 0 Å². The number of carboxylic acids is 1. The monoisotopic (exact) mass is 312 g/mol. The number of urea groups is 1. The van der Waals surface area contributed by atoms with Gasteiger partial charge >= 0.3 is 12.0 Å². The molecule has 0 saturated heterocycles. The van der Waals surface area contributed by atoms with Gasteiger partial charge in [0.15, 0.2) is 0 Å². The summed E-state index contributed by atoms with van der Waals surface area (Å²) in [6, 6.07) is 4.24. The number of carboxylic acid groups (broad SMARTS) is 1. The molecule has 1 aromatic rings. The van der Waals surface area contributed by atoms with Gasteiger partial charge in [0.25, 0.3) is 0 Å². The molecule has 0 heterocycles. The number of anilines is 1. The molecule has 0 fully saturated rings. The first kappa shape index (κ1) is 17.0. The van der Waals surface area contributed by atoms with Crippen LogP contribution in [0, 0.1) is 12.3 Å². The Morgan fingerprint density at radius 1 is 1.29 bits per heavy atom. The molecule has 0 aromatic heterocycles. The van der Waals surface area contributed by atoms with Crippen molar-refractivity contribution in [1.82, 2.24) is 5.32 Å². The maximum Gasteiger partial charge on any atom is 0.325 e. The standard InChI is InChI=1S/C14H17ClN2O4/c1-8-4-5-9(15)6-10(8)16-13(21)17-11(18)7-14(2,3)12(19)20/h4-6H,7H2,1-3H3,(H,19,20)(H2,16,17,18,21). The van der Waals surface area contributed by atoms with Crippen LogP contribution in [-0.4, -0.2) is 23.0 Å². The van der Waals surface area contributed by atoms with Gasteiger partial charge in [-0.15, -0.1) is 0 Å². The van der Waals surface area contributed by atoms with Crippen LogP contribution in [0.3, 0.4) is 0 Å². The summed E-state index contributed by atoms with van der Waals surface area (Å²) < 4.78 is 0. The molecule has 0 bridgehead atoms. The van der Waals surface area contributed by atoms with E-state index in [1.165, 1.54) is 13.8 Å².